The number of nitrogens with zero attached hydrogens (tertiary/aromatic N) is 1. The maximum atomic E-state index is 12.2. The number of carbonyl (C=O) groups is 1. The standard InChI is InChI=1S/C18H23NO3/c1-13(2)19(14(3)4)18(20)8-6-5-7-15-9-10-16-17(11-15)22-12-21-16/h5-11,13-14H,12H2,1-4H3. The summed E-state index contributed by atoms with van der Waals surface area (Å²) < 4.78 is 10.6. The summed E-state index contributed by atoms with van der Waals surface area (Å²) in [6.07, 6.45) is 7.16. The summed E-state index contributed by atoms with van der Waals surface area (Å²) in [6, 6.07) is 6.14. The van der Waals surface area contributed by atoms with E-state index in [0.717, 1.165) is 17.1 Å². The van der Waals surface area contributed by atoms with Crippen molar-refractivity contribution in [1.29, 1.82) is 0 Å². The van der Waals surface area contributed by atoms with Gasteiger partial charge in [0, 0.05) is 18.2 Å². The summed E-state index contributed by atoms with van der Waals surface area (Å²) in [5.74, 6) is 1.56. The van der Waals surface area contributed by atoms with Gasteiger partial charge in [-0.15, -0.1) is 0 Å². The Morgan fingerprint density at radius 2 is 1.77 bits per heavy atom. The van der Waals surface area contributed by atoms with Crippen molar-refractivity contribution in [1.82, 2.24) is 4.90 Å². The van der Waals surface area contributed by atoms with E-state index < -0.39 is 0 Å². The molecule has 0 aliphatic carbocycles. The molecule has 2 rings (SSSR count). The summed E-state index contributed by atoms with van der Waals surface area (Å²) in [4.78, 5) is 14.0. The van der Waals surface area contributed by atoms with Crippen LogP contribution in [-0.4, -0.2) is 29.7 Å². The molecular weight excluding hydrogens is 278 g/mol. The molecule has 118 valence electrons. The van der Waals surface area contributed by atoms with Crippen LogP contribution in [0.4, 0.5) is 0 Å². The van der Waals surface area contributed by atoms with Gasteiger partial charge in [0.15, 0.2) is 11.5 Å². The van der Waals surface area contributed by atoms with Crippen LogP contribution in [0.2, 0.25) is 0 Å². The summed E-state index contributed by atoms with van der Waals surface area (Å²) in [5.41, 5.74) is 1.01. The van der Waals surface area contributed by atoms with E-state index in [2.05, 4.69) is 0 Å². The molecule has 0 radical (unpaired) electrons. The van der Waals surface area contributed by atoms with E-state index in [0.29, 0.717) is 0 Å². The highest BCUT2D eigenvalue weighted by atomic mass is 16.7. The molecule has 1 aliphatic rings. The number of hydrogen-bond acceptors (Lipinski definition) is 3. The summed E-state index contributed by atoms with van der Waals surface area (Å²) >= 11 is 0. The van der Waals surface area contributed by atoms with Gasteiger partial charge >= 0.3 is 0 Å². The van der Waals surface area contributed by atoms with E-state index in [1.54, 1.807) is 12.2 Å². The summed E-state index contributed by atoms with van der Waals surface area (Å²) in [7, 11) is 0. The second-order valence-electron chi connectivity index (χ2n) is 5.76. The lowest BCUT2D eigenvalue weighted by Crippen LogP contribution is -2.41. The predicted molar refractivity (Wildman–Crippen MR) is 87.9 cm³/mol. The molecule has 0 fully saturated rings. The van der Waals surface area contributed by atoms with Crippen LogP contribution in [0.1, 0.15) is 33.3 Å². The molecule has 4 nitrogen and oxygen atoms in total. The second-order valence-corrected chi connectivity index (χ2v) is 5.76. The van der Waals surface area contributed by atoms with Gasteiger partial charge in [0.2, 0.25) is 12.7 Å². The molecule has 1 aromatic carbocycles. The van der Waals surface area contributed by atoms with Crippen molar-refractivity contribution < 1.29 is 14.3 Å². The van der Waals surface area contributed by atoms with Crippen molar-refractivity contribution in [2.45, 2.75) is 39.8 Å². The molecule has 0 saturated carbocycles. The number of ether oxygens (including phenoxy) is 2. The monoisotopic (exact) mass is 301 g/mol. The van der Waals surface area contributed by atoms with Crippen LogP contribution < -0.4 is 9.47 Å². The Kier molecular flexibility index (Phi) is 5.26. The fourth-order valence-corrected chi connectivity index (χ4v) is 2.51. The molecule has 22 heavy (non-hydrogen) atoms. The zero-order chi connectivity index (χ0) is 16.1. The Balaban J connectivity index is 1.98. The molecule has 1 amide bonds. The third-order valence-corrected chi connectivity index (χ3v) is 3.40. The first-order valence-electron chi connectivity index (χ1n) is 7.55. The minimum atomic E-state index is 0.0281. The lowest BCUT2D eigenvalue weighted by atomic mass is 10.2. The molecule has 1 aromatic rings. The number of rotatable bonds is 5. The van der Waals surface area contributed by atoms with Crippen molar-refractivity contribution in [2.75, 3.05) is 6.79 Å². The molecule has 0 atom stereocenters. The van der Waals surface area contributed by atoms with Crippen LogP contribution in [0.5, 0.6) is 11.5 Å². The Morgan fingerprint density at radius 3 is 2.45 bits per heavy atom. The first-order chi connectivity index (χ1) is 10.5. The van der Waals surface area contributed by atoms with E-state index in [1.165, 1.54) is 0 Å². The molecule has 1 aliphatic heterocycles. The van der Waals surface area contributed by atoms with E-state index in [4.69, 9.17) is 9.47 Å². The Bertz CT molecular complexity index is 580. The summed E-state index contributed by atoms with van der Waals surface area (Å²) in [6.45, 7) is 8.36. The van der Waals surface area contributed by atoms with Crippen molar-refractivity contribution >= 4 is 12.0 Å². The van der Waals surface area contributed by atoms with E-state index in [9.17, 15) is 4.79 Å². The first-order valence-corrected chi connectivity index (χ1v) is 7.55. The van der Waals surface area contributed by atoms with Crippen LogP contribution in [-0.2, 0) is 4.79 Å². The number of fused-ring (bicyclic) bond motifs is 1. The van der Waals surface area contributed by atoms with Crippen molar-refractivity contribution in [2.24, 2.45) is 0 Å². The molecule has 0 saturated heterocycles. The van der Waals surface area contributed by atoms with Gasteiger partial charge in [-0.2, -0.15) is 0 Å². The number of allylic oxidation sites excluding steroid dienone is 2. The van der Waals surface area contributed by atoms with E-state index >= 15 is 0 Å². The van der Waals surface area contributed by atoms with Gasteiger partial charge in [0.1, 0.15) is 0 Å². The van der Waals surface area contributed by atoms with Crippen LogP contribution in [0.25, 0.3) is 6.08 Å². The lowest BCUT2D eigenvalue weighted by molar-refractivity contribution is -0.129. The molecule has 0 bridgehead atoms. The molecular formula is C18H23NO3. The topological polar surface area (TPSA) is 38.8 Å². The Hall–Kier alpha value is -2.23. The van der Waals surface area contributed by atoms with Crippen LogP contribution >= 0.6 is 0 Å². The predicted octanol–water partition coefficient (Wildman–Crippen LogP) is 3.63. The van der Waals surface area contributed by atoms with Crippen LogP contribution in [0, 0.1) is 0 Å². The van der Waals surface area contributed by atoms with Gasteiger partial charge in [0.05, 0.1) is 0 Å². The molecule has 0 aromatic heterocycles. The lowest BCUT2D eigenvalue weighted by Gasteiger charge is -2.29. The average molecular weight is 301 g/mol. The average Bonchev–Trinajstić information content (AvgIpc) is 2.90. The van der Waals surface area contributed by atoms with Crippen molar-refractivity contribution in [3.05, 3.63) is 42.0 Å². The highest BCUT2D eigenvalue weighted by Crippen LogP contribution is 2.32. The number of carbonyl (C=O) groups excluding carboxylic acids is 1. The minimum absolute atomic E-state index is 0.0281. The fraction of sp³-hybridized carbons (Fsp3) is 0.389. The summed E-state index contributed by atoms with van der Waals surface area (Å²) in [5, 5.41) is 0. The van der Waals surface area contributed by atoms with E-state index in [-0.39, 0.29) is 24.8 Å². The zero-order valence-electron chi connectivity index (χ0n) is 13.6. The fourth-order valence-electron chi connectivity index (χ4n) is 2.51. The van der Waals surface area contributed by atoms with Gasteiger partial charge in [-0.25, -0.2) is 0 Å². The van der Waals surface area contributed by atoms with Gasteiger partial charge in [0.25, 0.3) is 0 Å². The number of amides is 1. The van der Waals surface area contributed by atoms with E-state index in [1.807, 2.05) is 62.9 Å². The second kappa shape index (κ2) is 7.16. The molecule has 4 heteroatoms. The van der Waals surface area contributed by atoms with Crippen LogP contribution in [0.15, 0.2) is 36.4 Å². The maximum absolute atomic E-state index is 12.2. The quantitative estimate of drug-likeness (QED) is 0.616. The van der Waals surface area contributed by atoms with Gasteiger partial charge in [-0.1, -0.05) is 24.3 Å². The maximum Gasteiger partial charge on any atom is 0.247 e. The Morgan fingerprint density at radius 1 is 1.09 bits per heavy atom. The van der Waals surface area contributed by atoms with Crippen molar-refractivity contribution in [3.8, 4) is 11.5 Å². The smallest absolute Gasteiger partial charge is 0.247 e. The Labute approximate surface area is 132 Å². The van der Waals surface area contributed by atoms with Gasteiger partial charge in [-0.3, -0.25) is 4.79 Å². The number of hydrogen-bond donors (Lipinski definition) is 0. The zero-order valence-corrected chi connectivity index (χ0v) is 13.6. The van der Waals surface area contributed by atoms with Crippen molar-refractivity contribution in [3.63, 3.8) is 0 Å². The molecule has 0 unspecified atom stereocenters. The van der Waals surface area contributed by atoms with Crippen LogP contribution in [0.3, 0.4) is 0 Å². The minimum Gasteiger partial charge on any atom is -0.454 e. The van der Waals surface area contributed by atoms with Gasteiger partial charge < -0.3 is 14.4 Å². The molecule has 1 heterocycles. The molecule has 0 spiro atoms. The normalized spacial score (nSPS) is 13.7. The highest BCUT2D eigenvalue weighted by molar-refractivity contribution is 5.88. The largest absolute Gasteiger partial charge is 0.454 e. The highest BCUT2D eigenvalue weighted by Gasteiger charge is 2.17. The third-order valence-electron chi connectivity index (χ3n) is 3.40. The number of benzene rings is 1. The SMILES string of the molecule is CC(C)N(C(=O)C=CC=Cc1ccc2c(c1)OCO2)C(C)C. The van der Waals surface area contributed by atoms with Gasteiger partial charge in [-0.05, 0) is 45.4 Å². The molecule has 0 N–H and O–H groups in total. The third kappa shape index (κ3) is 3.91. The first kappa shape index (κ1) is 16.1.